The molecule has 0 aromatic heterocycles. The summed E-state index contributed by atoms with van der Waals surface area (Å²) in [5.41, 5.74) is -0.634. The monoisotopic (exact) mass is 224 g/mol. The molecule has 84 valence electrons. The Morgan fingerprint density at radius 1 is 1.33 bits per heavy atom. The van der Waals surface area contributed by atoms with E-state index in [1.165, 1.54) is 0 Å². The van der Waals surface area contributed by atoms with Gasteiger partial charge in [-0.15, -0.1) is 0 Å². The maximum Gasteiger partial charge on any atom is 0.418 e. The third-order valence-corrected chi connectivity index (χ3v) is 1.81. The van der Waals surface area contributed by atoms with Crippen LogP contribution in [0.15, 0.2) is 18.2 Å². The smallest absolute Gasteiger partial charge is 0.418 e. The molecule has 2 nitrogen and oxygen atoms in total. The molecule has 0 saturated carbocycles. The first-order valence-electron chi connectivity index (χ1n) is 3.95. The average molecular weight is 224 g/mol. The summed E-state index contributed by atoms with van der Waals surface area (Å²) in [5, 5.41) is 8.92. The first kappa shape index (κ1) is 11.8. The van der Waals surface area contributed by atoms with Gasteiger partial charge in [0.05, 0.1) is 7.11 Å². The van der Waals surface area contributed by atoms with Gasteiger partial charge in [-0.3, -0.25) is 0 Å². The van der Waals surface area contributed by atoms with E-state index >= 15 is 0 Å². The van der Waals surface area contributed by atoms with Crippen LogP contribution in [0.4, 0.5) is 17.6 Å². The molecule has 0 aliphatic heterocycles. The van der Waals surface area contributed by atoms with Gasteiger partial charge in [0.25, 0.3) is 0 Å². The summed E-state index contributed by atoms with van der Waals surface area (Å²) in [6.07, 6.45) is -7.59. The zero-order valence-corrected chi connectivity index (χ0v) is 7.68. The fourth-order valence-electron chi connectivity index (χ4n) is 1.13. The molecule has 0 fully saturated rings. The molecule has 1 N–H and O–H groups in total. The Morgan fingerprint density at radius 2 is 1.93 bits per heavy atom. The van der Waals surface area contributed by atoms with Gasteiger partial charge in [-0.1, -0.05) is 12.1 Å². The van der Waals surface area contributed by atoms with Gasteiger partial charge in [-0.25, -0.2) is 4.39 Å². The number of hydrogen-bond acceptors (Lipinski definition) is 2. The number of benzene rings is 1. The van der Waals surface area contributed by atoms with Crippen LogP contribution in [0.5, 0.6) is 5.75 Å². The number of aliphatic hydroxyl groups is 1. The van der Waals surface area contributed by atoms with Gasteiger partial charge in [0.1, 0.15) is 0 Å². The van der Waals surface area contributed by atoms with Crippen molar-refractivity contribution in [2.75, 3.05) is 7.11 Å². The van der Waals surface area contributed by atoms with Crippen molar-refractivity contribution < 1.29 is 27.4 Å². The van der Waals surface area contributed by atoms with E-state index in [0.29, 0.717) is 0 Å². The average Bonchev–Trinajstić information content (AvgIpc) is 2.14. The van der Waals surface area contributed by atoms with Crippen molar-refractivity contribution in [2.45, 2.75) is 12.3 Å². The summed E-state index contributed by atoms with van der Waals surface area (Å²) in [5.74, 6) is -1.54. The number of hydrogen-bond donors (Lipinski definition) is 1. The fraction of sp³-hybridized carbons (Fsp3) is 0.333. The lowest BCUT2D eigenvalue weighted by Crippen LogP contribution is -2.21. The van der Waals surface area contributed by atoms with E-state index in [0.717, 1.165) is 25.3 Å². The lowest BCUT2D eigenvalue weighted by molar-refractivity contribution is -0.207. The van der Waals surface area contributed by atoms with E-state index in [2.05, 4.69) is 4.74 Å². The van der Waals surface area contributed by atoms with Crippen molar-refractivity contribution in [3.8, 4) is 5.75 Å². The summed E-state index contributed by atoms with van der Waals surface area (Å²) in [6.45, 7) is 0. The van der Waals surface area contributed by atoms with E-state index in [1.54, 1.807) is 0 Å². The highest BCUT2D eigenvalue weighted by Crippen LogP contribution is 2.37. The van der Waals surface area contributed by atoms with Crippen molar-refractivity contribution in [1.82, 2.24) is 0 Å². The molecule has 0 heterocycles. The van der Waals surface area contributed by atoms with Gasteiger partial charge in [-0.05, 0) is 6.07 Å². The second-order valence-electron chi connectivity index (χ2n) is 2.81. The molecule has 0 aliphatic rings. The van der Waals surface area contributed by atoms with Crippen molar-refractivity contribution in [3.05, 3.63) is 29.6 Å². The minimum atomic E-state index is -4.85. The molecule has 0 spiro atoms. The number of aliphatic hydroxyl groups excluding tert-OH is 1. The summed E-state index contributed by atoms with van der Waals surface area (Å²) in [4.78, 5) is 0. The molecule has 15 heavy (non-hydrogen) atoms. The van der Waals surface area contributed by atoms with Crippen LogP contribution in [0.2, 0.25) is 0 Å². The molecule has 0 amide bonds. The molecule has 0 aliphatic carbocycles. The number of rotatable bonds is 2. The van der Waals surface area contributed by atoms with Gasteiger partial charge in [-0.2, -0.15) is 13.2 Å². The van der Waals surface area contributed by atoms with Crippen LogP contribution in [-0.4, -0.2) is 18.4 Å². The molecule has 0 radical (unpaired) electrons. The summed E-state index contributed by atoms with van der Waals surface area (Å²) >= 11 is 0. The number of para-hydroxylation sites is 1. The lowest BCUT2D eigenvalue weighted by Gasteiger charge is -2.17. The highest BCUT2D eigenvalue weighted by molar-refractivity contribution is 5.37. The SMILES string of the molecule is COc1c(F)cccc1[C@H](O)C(F)(F)F. The quantitative estimate of drug-likeness (QED) is 0.782. The largest absolute Gasteiger partial charge is 0.493 e. The van der Waals surface area contributed by atoms with E-state index in [9.17, 15) is 17.6 Å². The number of halogens is 4. The highest BCUT2D eigenvalue weighted by Gasteiger charge is 2.41. The van der Waals surface area contributed by atoms with E-state index in [1.807, 2.05) is 0 Å². The van der Waals surface area contributed by atoms with Crippen molar-refractivity contribution in [1.29, 1.82) is 0 Å². The molecule has 1 aromatic carbocycles. The van der Waals surface area contributed by atoms with E-state index in [4.69, 9.17) is 5.11 Å². The zero-order chi connectivity index (χ0) is 11.6. The number of methoxy groups -OCH3 is 1. The molecule has 1 aromatic rings. The maximum atomic E-state index is 13.0. The van der Waals surface area contributed by atoms with Crippen LogP contribution in [0.1, 0.15) is 11.7 Å². The fourth-order valence-corrected chi connectivity index (χ4v) is 1.13. The van der Waals surface area contributed by atoms with Gasteiger partial charge in [0.2, 0.25) is 0 Å². The predicted octanol–water partition coefficient (Wildman–Crippen LogP) is 2.43. The van der Waals surface area contributed by atoms with Crippen molar-refractivity contribution >= 4 is 0 Å². The molecule has 0 bridgehead atoms. The molecule has 0 unspecified atom stereocenters. The summed E-state index contributed by atoms with van der Waals surface area (Å²) < 4.78 is 53.9. The van der Waals surface area contributed by atoms with E-state index in [-0.39, 0.29) is 0 Å². The first-order valence-corrected chi connectivity index (χ1v) is 3.95. The van der Waals surface area contributed by atoms with Gasteiger partial charge < -0.3 is 9.84 Å². The van der Waals surface area contributed by atoms with Gasteiger partial charge >= 0.3 is 6.18 Å². The van der Waals surface area contributed by atoms with Crippen LogP contribution in [0, 0.1) is 5.82 Å². The topological polar surface area (TPSA) is 29.5 Å². The van der Waals surface area contributed by atoms with Crippen LogP contribution in [-0.2, 0) is 0 Å². The minimum Gasteiger partial charge on any atom is -0.493 e. The lowest BCUT2D eigenvalue weighted by atomic mass is 10.1. The second-order valence-corrected chi connectivity index (χ2v) is 2.81. The van der Waals surface area contributed by atoms with Crippen LogP contribution < -0.4 is 4.74 Å². The van der Waals surface area contributed by atoms with Crippen LogP contribution >= 0.6 is 0 Å². The second kappa shape index (κ2) is 4.06. The Hall–Kier alpha value is -1.30. The molecule has 1 rings (SSSR count). The Labute approximate surface area is 83.1 Å². The van der Waals surface area contributed by atoms with Crippen LogP contribution in [0.3, 0.4) is 0 Å². The standard InChI is InChI=1S/C9H8F4O2/c1-15-7-5(3-2-4-6(7)10)8(14)9(11,12)13/h2-4,8,14H,1H3/t8-/m0/s1. The Bertz CT molecular complexity index is 348. The highest BCUT2D eigenvalue weighted by atomic mass is 19.4. The Kier molecular flexibility index (Phi) is 3.18. The third-order valence-electron chi connectivity index (χ3n) is 1.81. The normalized spacial score (nSPS) is 13.7. The molecule has 0 saturated heterocycles. The molecule has 6 heteroatoms. The first-order chi connectivity index (χ1) is 6.88. The maximum absolute atomic E-state index is 13.0. The minimum absolute atomic E-state index is 0.595. The number of ether oxygens (including phenoxy) is 1. The predicted molar refractivity (Wildman–Crippen MR) is 44.0 cm³/mol. The Morgan fingerprint density at radius 3 is 2.40 bits per heavy atom. The number of alkyl halides is 3. The van der Waals surface area contributed by atoms with Crippen molar-refractivity contribution in [2.24, 2.45) is 0 Å². The van der Waals surface area contributed by atoms with Gasteiger partial charge in [0, 0.05) is 5.56 Å². The molecular formula is C9H8F4O2. The summed E-state index contributed by atoms with van der Waals surface area (Å²) in [6, 6.07) is 2.98. The van der Waals surface area contributed by atoms with E-state index < -0.39 is 29.4 Å². The van der Waals surface area contributed by atoms with Gasteiger partial charge in [0.15, 0.2) is 17.7 Å². The summed E-state index contributed by atoms with van der Waals surface area (Å²) in [7, 11) is 1.03. The molecule has 1 atom stereocenters. The van der Waals surface area contributed by atoms with Crippen molar-refractivity contribution in [3.63, 3.8) is 0 Å². The van der Waals surface area contributed by atoms with Crippen LogP contribution in [0.25, 0.3) is 0 Å². The molecular weight excluding hydrogens is 216 g/mol. The third kappa shape index (κ3) is 2.38. The Balaban J connectivity index is 3.20. The zero-order valence-electron chi connectivity index (χ0n) is 7.68.